The normalized spacial score (nSPS) is 16.7. The summed E-state index contributed by atoms with van der Waals surface area (Å²) in [6.07, 6.45) is 6.79. The Morgan fingerprint density at radius 3 is 2.56 bits per heavy atom. The van der Waals surface area contributed by atoms with Gasteiger partial charge in [-0.25, -0.2) is 27.7 Å². The monoisotopic (exact) mass is 477 g/mol. The number of hydrogen-bond donors (Lipinski definition) is 3. The fourth-order valence-corrected chi connectivity index (χ4v) is 5.09. The molecule has 5 rings (SSSR count). The largest absolute Gasteiger partial charge is 0.368 e. The highest BCUT2D eigenvalue weighted by Crippen LogP contribution is 2.31. The van der Waals surface area contributed by atoms with Crippen LogP contribution in [0.3, 0.4) is 0 Å². The van der Waals surface area contributed by atoms with Gasteiger partial charge in [0, 0.05) is 42.9 Å². The summed E-state index contributed by atoms with van der Waals surface area (Å²) in [4.78, 5) is 28.0. The van der Waals surface area contributed by atoms with Crippen molar-refractivity contribution in [1.82, 2.24) is 24.2 Å². The van der Waals surface area contributed by atoms with Crippen LogP contribution in [0.4, 0.5) is 17.5 Å². The number of nitrogens with one attached hydrogen (secondary N) is 2. The van der Waals surface area contributed by atoms with E-state index in [-0.39, 0.29) is 17.4 Å². The molecule has 1 fully saturated rings. The summed E-state index contributed by atoms with van der Waals surface area (Å²) in [5.41, 5.74) is 8.44. The van der Waals surface area contributed by atoms with Gasteiger partial charge in [0.05, 0.1) is 17.3 Å². The minimum atomic E-state index is -3.18. The van der Waals surface area contributed by atoms with E-state index in [2.05, 4.69) is 25.3 Å². The van der Waals surface area contributed by atoms with Crippen LogP contribution in [0.25, 0.3) is 22.0 Å². The molecule has 1 unspecified atom stereocenters. The Hall–Kier alpha value is -3.83. The molecule has 34 heavy (non-hydrogen) atoms. The fourth-order valence-electron chi connectivity index (χ4n) is 4.20. The Kier molecular flexibility index (Phi) is 5.50. The molecule has 11 heteroatoms. The van der Waals surface area contributed by atoms with Gasteiger partial charge in [-0.05, 0) is 47.6 Å². The van der Waals surface area contributed by atoms with Gasteiger partial charge in [0.25, 0.3) is 5.56 Å². The smallest absolute Gasteiger partial charge is 0.259 e. The Labute approximate surface area is 195 Å². The number of anilines is 3. The van der Waals surface area contributed by atoms with E-state index in [0.717, 1.165) is 23.1 Å². The molecule has 0 bridgehead atoms. The second-order valence-electron chi connectivity index (χ2n) is 8.31. The number of aromatic nitrogens is 4. The molecule has 1 aliphatic heterocycles. The van der Waals surface area contributed by atoms with Gasteiger partial charge in [-0.3, -0.25) is 4.79 Å². The molecule has 0 spiro atoms. The Balaban J connectivity index is 1.46. The molecule has 4 heterocycles. The molecule has 0 radical (unpaired) electrons. The Morgan fingerprint density at radius 2 is 1.88 bits per heavy atom. The fraction of sp³-hybridized carbons (Fsp3) is 0.217. The van der Waals surface area contributed by atoms with E-state index in [4.69, 9.17) is 5.73 Å². The van der Waals surface area contributed by atoms with E-state index in [0.29, 0.717) is 35.6 Å². The molecule has 10 nitrogen and oxygen atoms in total. The van der Waals surface area contributed by atoms with Crippen molar-refractivity contribution in [3.8, 4) is 11.3 Å². The SMILES string of the molecule is CS(=O)(=O)N1CCC(c2ccc(Nc3nc(-c4cnc(N)nc4)cc4cc[nH]c(=O)c34)cc2)C1. The number of sulfonamides is 1. The molecule has 0 aliphatic carbocycles. The van der Waals surface area contributed by atoms with Gasteiger partial charge in [0.1, 0.15) is 5.82 Å². The second kappa shape index (κ2) is 8.50. The summed E-state index contributed by atoms with van der Waals surface area (Å²) in [6, 6.07) is 11.4. The first kappa shape index (κ1) is 22.0. The molecule has 0 saturated carbocycles. The highest BCUT2D eigenvalue weighted by molar-refractivity contribution is 7.88. The van der Waals surface area contributed by atoms with Gasteiger partial charge in [0.2, 0.25) is 16.0 Å². The first-order valence-corrected chi connectivity index (χ1v) is 12.6. The van der Waals surface area contributed by atoms with Crippen LogP contribution in [0.15, 0.2) is 59.8 Å². The van der Waals surface area contributed by atoms with Crippen molar-refractivity contribution in [1.29, 1.82) is 0 Å². The minimum absolute atomic E-state index is 0.152. The van der Waals surface area contributed by atoms with Crippen LogP contribution in [0, 0.1) is 0 Å². The second-order valence-corrected chi connectivity index (χ2v) is 10.3. The summed E-state index contributed by atoms with van der Waals surface area (Å²) < 4.78 is 25.1. The highest BCUT2D eigenvalue weighted by Gasteiger charge is 2.29. The quantitative estimate of drug-likeness (QED) is 0.397. The van der Waals surface area contributed by atoms with E-state index in [1.165, 1.54) is 10.6 Å². The van der Waals surface area contributed by atoms with Crippen molar-refractivity contribution in [3.05, 3.63) is 70.9 Å². The zero-order chi connectivity index (χ0) is 23.9. The van der Waals surface area contributed by atoms with Gasteiger partial charge >= 0.3 is 0 Å². The highest BCUT2D eigenvalue weighted by atomic mass is 32.2. The molecule has 4 N–H and O–H groups in total. The van der Waals surface area contributed by atoms with Crippen molar-refractivity contribution < 1.29 is 8.42 Å². The molecule has 1 aromatic carbocycles. The molecule has 1 saturated heterocycles. The van der Waals surface area contributed by atoms with E-state index in [9.17, 15) is 13.2 Å². The number of hydrogen-bond acceptors (Lipinski definition) is 8. The maximum Gasteiger partial charge on any atom is 0.259 e. The lowest BCUT2D eigenvalue weighted by Gasteiger charge is -2.15. The number of aromatic amines is 1. The average molecular weight is 478 g/mol. The Bertz CT molecular complexity index is 1520. The van der Waals surface area contributed by atoms with Crippen LogP contribution in [0.5, 0.6) is 0 Å². The lowest BCUT2D eigenvalue weighted by molar-refractivity contribution is 0.478. The van der Waals surface area contributed by atoms with Gasteiger partial charge in [-0.15, -0.1) is 0 Å². The first-order chi connectivity index (χ1) is 16.3. The topological polar surface area (TPSA) is 147 Å². The molecular weight excluding hydrogens is 454 g/mol. The number of nitrogens with zero attached hydrogens (tertiary/aromatic N) is 4. The number of nitrogens with two attached hydrogens (primary N) is 1. The van der Waals surface area contributed by atoms with Gasteiger partial charge in [-0.1, -0.05) is 12.1 Å². The van der Waals surface area contributed by atoms with Crippen molar-refractivity contribution in [2.45, 2.75) is 12.3 Å². The van der Waals surface area contributed by atoms with Crippen LogP contribution in [0.2, 0.25) is 0 Å². The number of H-pyrrole nitrogens is 1. The maximum atomic E-state index is 12.6. The van der Waals surface area contributed by atoms with Crippen LogP contribution < -0.4 is 16.6 Å². The van der Waals surface area contributed by atoms with E-state index in [1.54, 1.807) is 24.7 Å². The van der Waals surface area contributed by atoms with Crippen molar-refractivity contribution in [3.63, 3.8) is 0 Å². The van der Waals surface area contributed by atoms with Gasteiger partial charge < -0.3 is 16.0 Å². The summed E-state index contributed by atoms with van der Waals surface area (Å²) >= 11 is 0. The molecule has 174 valence electrons. The lowest BCUT2D eigenvalue weighted by Crippen LogP contribution is -2.27. The van der Waals surface area contributed by atoms with E-state index < -0.39 is 10.0 Å². The number of fused-ring (bicyclic) bond motifs is 1. The van der Waals surface area contributed by atoms with Crippen molar-refractivity contribution in [2.24, 2.45) is 0 Å². The third-order valence-electron chi connectivity index (χ3n) is 5.99. The summed E-state index contributed by atoms with van der Waals surface area (Å²) in [5.74, 6) is 0.726. The lowest BCUT2D eigenvalue weighted by atomic mass is 9.98. The predicted molar refractivity (Wildman–Crippen MR) is 131 cm³/mol. The predicted octanol–water partition coefficient (Wildman–Crippen LogP) is 2.45. The summed E-state index contributed by atoms with van der Waals surface area (Å²) in [7, 11) is -3.18. The number of rotatable bonds is 5. The van der Waals surface area contributed by atoms with Crippen LogP contribution in [-0.2, 0) is 10.0 Å². The summed E-state index contributed by atoms with van der Waals surface area (Å²) in [6.45, 7) is 1.02. The Morgan fingerprint density at radius 1 is 1.15 bits per heavy atom. The van der Waals surface area contributed by atoms with Gasteiger partial charge in [-0.2, -0.15) is 0 Å². The number of pyridine rings is 2. The standard InChI is InChI=1S/C23H23N7O3S/c1-34(32,33)30-9-7-16(13-30)14-2-4-18(5-3-14)28-21-20-15(6-8-25-22(20)31)10-19(29-21)17-11-26-23(24)27-12-17/h2-6,8,10-12,16H,7,9,13H2,1H3,(H,25,31)(H,28,29)(H2,24,26,27). The van der Waals surface area contributed by atoms with Crippen molar-refractivity contribution >= 4 is 38.2 Å². The maximum absolute atomic E-state index is 12.6. The van der Waals surface area contributed by atoms with Gasteiger partial charge in [0.15, 0.2) is 0 Å². The van der Waals surface area contributed by atoms with Crippen LogP contribution >= 0.6 is 0 Å². The third kappa shape index (κ3) is 4.35. The zero-order valence-corrected chi connectivity index (χ0v) is 19.2. The van der Waals surface area contributed by atoms with E-state index >= 15 is 0 Å². The van der Waals surface area contributed by atoms with E-state index in [1.807, 2.05) is 30.3 Å². The molecule has 0 amide bonds. The first-order valence-electron chi connectivity index (χ1n) is 10.7. The minimum Gasteiger partial charge on any atom is -0.368 e. The molecule has 3 aromatic heterocycles. The number of nitrogen functional groups attached to an aromatic ring is 1. The van der Waals surface area contributed by atoms with Crippen molar-refractivity contribution in [2.75, 3.05) is 30.4 Å². The summed E-state index contributed by atoms with van der Waals surface area (Å²) in [5, 5.41) is 4.41. The third-order valence-corrected chi connectivity index (χ3v) is 7.26. The number of benzene rings is 1. The molecule has 4 aromatic rings. The molecule has 1 atom stereocenters. The van der Waals surface area contributed by atoms with Crippen LogP contribution in [0.1, 0.15) is 17.9 Å². The van der Waals surface area contributed by atoms with Crippen LogP contribution in [-0.4, -0.2) is 52.0 Å². The molecule has 1 aliphatic rings. The molecular formula is C23H23N7O3S. The zero-order valence-electron chi connectivity index (χ0n) is 18.4. The average Bonchev–Trinajstić information content (AvgIpc) is 3.31.